The van der Waals surface area contributed by atoms with Gasteiger partial charge in [-0.1, -0.05) is 6.07 Å². The lowest BCUT2D eigenvalue weighted by atomic mass is 10.1. The average Bonchev–Trinajstić information content (AvgIpc) is 2.21. The zero-order valence-electron chi connectivity index (χ0n) is 8.04. The Morgan fingerprint density at radius 3 is 2.57 bits per heavy atom. The highest BCUT2D eigenvalue weighted by atomic mass is 19.1. The molecule has 0 fully saturated rings. The predicted octanol–water partition coefficient (Wildman–Crippen LogP) is 1.58. The van der Waals surface area contributed by atoms with Crippen LogP contribution in [0.1, 0.15) is 5.56 Å². The maximum atomic E-state index is 13.5. The highest BCUT2D eigenvalue weighted by Gasteiger charge is 2.13. The molecular weight excluding hydrogens is 187 g/mol. The van der Waals surface area contributed by atoms with Gasteiger partial charge in [0.2, 0.25) is 0 Å². The number of benzene rings is 1. The van der Waals surface area contributed by atoms with E-state index < -0.39 is 5.82 Å². The molecule has 4 heteroatoms. The van der Waals surface area contributed by atoms with Crippen molar-refractivity contribution < 1.29 is 18.7 Å². The van der Waals surface area contributed by atoms with Gasteiger partial charge in [0.15, 0.2) is 17.3 Å². The van der Waals surface area contributed by atoms with E-state index in [1.54, 1.807) is 6.07 Å². The molecule has 0 amide bonds. The zero-order chi connectivity index (χ0) is 10.6. The molecule has 0 N–H and O–H groups in total. The van der Waals surface area contributed by atoms with E-state index in [9.17, 15) is 9.18 Å². The van der Waals surface area contributed by atoms with Gasteiger partial charge in [0.1, 0.15) is 6.29 Å². The zero-order valence-corrected chi connectivity index (χ0v) is 8.04. The molecule has 0 unspecified atom stereocenters. The minimum absolute atomic E-state index is 0.0339. The van der Waals surface area contributed by atoms with E-state index >= 15 is 0 Å². The fraction of sp³-hybridized carbons (Fsp3) is 0.300. The highest BCUT2D eigenvalue weighted by molar-refractivity contribution is 5.57. The second kappa shape index (κ2) is 4.60. The Hall–Kier alpha value is -1.58. The van der Waals surface area contributed by atoms with E-state index in [0.717, 1.165) is 0 Å². The Bertz CT molecular complexity index is 336. The number of hydrogen-bond donors (Lipinski definition) is 0. The van der Waals surface area contributed by atoms with Gasteiger partial charge in [0, 0.05) is 6.42 Å². The Kier molecular flexibility index (Phi) is 3.45. The molecule has 0 heterocycles. The molecule has 0 aliphatic heterocycles. The number of carbonyl (C=O) groups is 1. The number of carbonyl (C=O) groups excluding carboxylic acids is 1. The molecule has 1 aromatic rings. The summed E-state index contributed by atoms with van der Waals surface area (Å²) in [5, 5.41) is 0. The van der Waals surface area contributed by atoms with Crippen molar-refractivity contribution in [2.45, 2.75) is 6.42 Å². The molecule has 3 nitrogen and oxygen atoms in total. The minimum atomic E-state index is -0.543. The lowest BCUT2D eigenvalue weighted by Crippen LogP contribution is -1.98. The molecule has 0 aromatic heterocycles. The smallest absolute Gasteiger partial charge is 0.197 e. The van der Waals surface area contributed by atoms with E-state index in [1.807, 2.05) is 0 Å². The summed E-state index contributed by atoms with van der Waals surface area (Å²) in [6.07, 6.45) is 0.677. The van der Waals surface area contributed by atoms with Crippen molar-refractivity contribution in [2.24, 2.45) is 0 Å². The first kappa shape index (κ1) is 10.5. The number of halogens is 1. The van der Waals surface area contributed by atoms with Crippen molar-refractivity contribution >= 4 is 6.29 Å². The summed E-state index contributed by atoms with van der Waals surface area (Å²) < 4.78 is 23.3. The number of methoxy groups -OCH3 is 2. The maximum absolute atomic E-state index is 13.5. The van der Waals surface area contributed by atoms with Crippen molar-refractivity contribution in [3.63, 3.8) is 0 Å². The molecule has 76 valence electrons. The predicted molar refractivity (Wildman–Crippen MR) is 49.3 cm³/mol. The topological polar surface area (TPSA) is 35.5 Å². The summed E-state index contributed by atoms with van der Waals surface area (Å²) in [5.74, 6) is -0.189. The number of aldehydes is 1. The summed E-state index contributed by atoms with van der Waals surface area (Å²) in [5.41, 5.74) is 0.303. The van der Waals surface area contributed by atoms with E-state index in [4.69, 9.17) is 9.47 Å². The van der Waals surface area contributed by atoms with E-state index in [2.05, 4.69) is 0 Å². The molecule has 0 atom stereocenters. The van der Waals surface area contributed by atoms with Crippen molar-refractivity contribution in [2.75, 3.05) is 14.2 Å². The first-order valence-electron chi connectivity index (χ1n) is 4.07. The van der Waals surface area contributed by atoms with Crippen molar-refractivity contribution in [1.82, 2.24) is 0 Å². The van der Waals surface area contributed by atoms with E-state index in [1.165, 1.54) is 20.3 Å². The van der Waals surface area contributed by atoms with Crippen LogP contribution in [0.15, 0.2) is 12.1 Å². The van der Waals surface area contributed by atoms with Crippen molar-refractivity contribution in [1.29, 1.82) is 0 Å². The standard InChI is InChI=1S/C10H11FO3/c1-13-8-4-3-7(5-6-12)9(11)10(8)14-2/h3-4,6H,5H2,1-2H3. The summed E-state index contributed by atoms with van der Waals surface area (Å²) in [7, 11) is 2.78. The van der Waals surface area contributed by atoms with Crippen LogP contribution in [0.2, 0.25) is 0 Å². The first-order chi connectivity index (χ1) is 6.74. The quantitative estimate of drug-likeness (QED) is 0.689. The number of rotatable bonds is 4. The summed E-state index contributed by atoms with van der Waals surface area (Å²) in [4.78, 5) is 10.2. The van der Waals surface area contributed by atoms with Gasteiger partial charge in [-0.15, -0.1) is 0 Å². The van der Waals surface area contributed by atoms with Crippen LogP contribution in [-0.2, 0) is 11.2 Å². The normalized spacial score (nSPS) is 9.64. The van der Waals surface area contributed by atoms with Crippen LogP contribution in [0.25, 0.3) is 0 Å². The Labute approximate surface area is 81.4 Å². The lowest BCUT2D eigenvalue weighted by molar-refractivity contribution is -0.107. The highest BCUT2D eigenvalue weighted by Crippen LogP contribution is 2.31. The van der Waals surface area contributed by atoms with Crippen LogP contribution < -0.4 is 9.47 Å². The second-order valence-corrected chi connectivity index (χ2v) is 2.64. The van der Waals surface area contributed by atoms with Crippen LogP contribution >= 0.6 is 0 Å². The molecule has 1 rings (SSSR count). The summed E-state index contributed by atoms with van der Waals surface area (Å²) in [6.45, 7) is 0. The molecule has 0 saturated carbocycles. The van der Waals surface area contributed by atoms with Gasteiger partial charge in [-0.25, -0.2) is 4.39 Å². The van der Waals surface area contributed by atoms with Crippen LogP contribution in [-0.4, -0.2) is 20.5 Å². The van der Waals surface area contributed by atoms with Crippen LogP contribution in [0.3, 0.4) is 0 Å². The summed E-state index contributed by atoms with van der Waals surface area (Å²) >= 11 is 0. The average molecular weight is 198 g/mol. The molecule has 0 aliphatic rings. The number of hydrogen-bond acceptors (Lipinski definition) is 3. The molecule has 0 bridgehead atoms. The van der Waals surface area contributed by atoms with Gasteiger partial charge in [0.25, 0.3) is 0 Å². The third-order valence-electron chi connectivity index (χ3n) is 1.87. The van der Waals surface area contributed by atoms with Crippen LogP contribution in [0.4, 0.5) is 4.39 Å². The third-order valence-corrected chi connectivity index (χ3v) is 1.87. The molecule has 0 aliphatic carbocycles. The molecular formula is C10H11FO3. The molecule has 0 radical (unpaired) electrons. The van der Waals surface area contributed by atoms with Gasteiger partial charge < -0.3 is 14.3 Å². The Morgan fingerprint density at radius 1 is 1.36 bits per heavy atom. The Balaban J connectivity index is 3.19. The second-order valence-electron chi connectivity index (χ2n) is 2.64. The van der Waals surface area contributed by atoms with Gasteiger partial charge in [-0.2, -0.15) is 0 Å². The van der Waals surface area contributed by atoms with Crippen LogP contribution in [0, 0.1) is 5.82 Å². The van der Waals surface area contributed by atoms with Gasteiger partial charge in [0.05, 0.1) is 14.2 Å². The van der Waals surface area contributed by atoms with E-state index in [0.29, 0.717) is 17.6 Å². The molecule has 1 aromatic carbocycles. The van der Waals surface area contributed by atoms with Crippen molar-refractivity contribution in [3.05, 3.63) is 23.5 Å². The summed E-state index contributed by atoms with van der Waals surface area (Å²) in [6, 6.07) is 3.08. The lowest BCUT2D eigenvalue weighted by Gasteiger charge is -2.10. The van der Waals surface area contributed by atoms with Crippen molar-refractivity contribution in [3.8, 4) is 11.5 Å². The van der Waals surface area contributed by atoms with Gasteiger partial charge in [-0.3, -0.25) is 0 Å². The minimum Gasteiger partial charge on any atom is -0.493 e. The SMILES string of the molecule is COc1ccc(CC=O)c(F)c1OC. The maximum Gasteiger partial charge on any atom is 0.197 e. The molecule has 14 heavy (non-hydrogen) atoms. The first-order valence-corrected chi connectivity index (χ1v) is 4.07. The fourth-order valence-corrected chi connectivity index (χ4v) is 1.18. The third kappa shape index (κ3) is 1.84. The molecule has 0 saturated heterocycles. The Morgan fingerprint density at radius 2 is 2.07 bits per heavy atom. The fourth-order valence-electron chi connectivity index (χ4n) is 1.18. The largest absolute Gasteiger partial charge is 0.493 e. The number of ether oxygens (including phenoxy) is 2. The van der Waals surface area contributed by atoms with Gasteiger partial charge in [-0.05, 0) is 11.6 Å². The molecule has 0 spiro atoms. The van der Waals surface area contributed by atoms with Gasteiger partial charge >= 0.3 is 0 Å². The van der Waals surface area contributed by atoms with E-state index in [-0.39, 0.29) is 12.2 Å². The van der Waals surface area contributed by atoms with Crippen LogP contribution in [0.5, 0.6) is 11.5 Å². The monoisotopic (exact) mass is 198 g/mol.